The Kier molecular flexibility index (Phi) is 4.25. The summed E-state index contributed by atoms with van der Waals surface area (Å²) in [5, 5.41) is 15.2. The quantitative estimate of drug-likeness (QED) is 0.772. The van der Waals surface area contributed by atoms with Gasteiger partial charge in [0.2, 0.25) is 10.8 Å². The monoisotopic (exact) mass is 356 g/mol. The summed E-state index contributed by atoms with van der Waals surface area (Å²) in [6.45, 7) is 8.38. The Balaban J connectivity index is 1.81. The third-order valence-corrected chi connectivity index (χ3v) is 6.17. The zero-order valence-corrected chi connectivity index (χ0v) is 15.8. The highest BCUT2D eigenvalue weighted by molar-refractivity contribution is 7.17. The Hall–Kier alpha value is -1.92. The van der Waals surface area contributed by atoms with Crippen LogP contribution in [0, 0.1) is 19.8 Å². The standard InChI is InChI=1S/C19H24N4OS/c1-12-7-9-22(10-8-12)16(15-6-4-5-13(2)11-15)17-18(24)23-19(25-17)20-14(3)21-23/h4-6,11-12,16,24H,7-10H2,1-3H3/t16-/m1/s1. The zero-order valence-electron chi connectivity index (χ0n) is 14.9. The van der Waals surface area contributed by atoms with Crippen molar-refractivity contribution >= 4 is 16.3 Å². The molecule has 1 aromatic carbocycles. The van der Waals surface area contributed by atoms with Crippen molar-refractivity contribution in [2.75, 3.05) is 13.1 Å². The van der Waals surface area contributed by atoms with E-state index in [9.17, 15) is 5.11 Å². The van der Waals surface area contributed by atoms with Gasteiger partial charge in [0.05, 0.1) is 10.9 Å². The van der Waals surface area contributed by atoms with Crippen LogP contribution in [0.4, 0.5) is 0 Å². The van der Waals surface area contributed by atoms with Crippen molar-refractivity contribution in [3.05, 3.63) is 46.1 Å². The topological polar surface area (TPSA) is 53.7 Å². The average Bonchev–Trinajstić information content (AvgIpc) is 3.08. The second kappa shape index (κ2) is 6.42. The molecule has 0 unspecified atom stereocenters. The lowest BCUT2D eigenvalue weighted by Crippen LogP contribution is -2.36. The van der Waals surface area contributed by atoms with Crippen LogP contribution >= 0.6 is 11.3 Å². The highest BCUT2D eigenvalue weighted by Crippen LogP contribution is 2.41. The fourth-order valence-electron chi connectivity index (χ4n) is 3.68. The molecule has 3 aromatic rings. The lowest BCUT2D eigenvalue weighted by molar-refractivity contribution is 0.157. The number of hydrogen-bond donors (Lipinski definition) is 1. The number of fused-ring (bicyclic) bond motifs is 1. The van der Waals surface area contributed by atoms with Crippen LogP contribution < -0.4 is 0 Å². The number of hydrogen-bond acceptors (Lipinski definition) is 5. The first-order valence-electron chi connectivity index (χ1n) is 8.88. The molecule has 2 aromatic heterocycles. The first-order chi connectivity index (χ1) is 12.0. The van der Waals surface area contributed by atoms with E-state index >= 15 is 0 Å². The van der Waals surface area contributed by atoms with Crippen molar-refractivity contribution in [3.8, 4) is 5.88 Å². The van der Waals surface area contributed by atoms with Crippen molar-refractivity contribution < 1.29 is 5.11 Å². The molecule has 0 aliphatic carbocycles. The van der Waals surface area contributed by atoms with E-state index in [1.165, 1.54) is 24.0 Å². The molecular formula is C19H24N4OS. The molecule has 1 saturated heterocycles. The Morgan fingerprint density at radius 2 is 2.00 bits per heavy atom. The van der Waals surface area contributed by atoms with Crippen molar-refractivity contribution in [2.45, 2.75) is 39.7 Å². The second-order valence-corrected chi connectivity index (χ2v) is 8.19. The molecule has 1 atom stereocenters. The number of nitrogens with zero attached hydrogens (tertiary/aromatic N) is 4. The normalized spacial score (nSPS) is 18.0. The lowest BCUT2D eigenvalue weighted by Gasteiger charge is -2.36. The Morgan fingerprint density at radius 3 is 2.68 bits per heavy atom. The first-order valence-corrected chi connectivity index (χ1v) is 9.70. The van der Waals surface area contributed by atoms with Gasteiger partial charge < -0.3 is 5.11 Å². The third kappa shape index (κ3) is 3.04. The van der Waals surface area contributed by atoms with Gasteiger partial charge >= 0.3 is 0 Å². The third-order valence-electron chi connectivity index (χ3n) is 5.10. The predicted octanol–water partition coefficient (Wildman–Crippen LogP) is 3.93. The van der Waals surface area contributed by atoms with Crippen LogP contribution in [-0.2, 0) is 0 Å². The highest BCUT2D eigenvalue weighted by Gasteiger charge is 2.31. The maximum Gasteiger partial charge on any atom is 0.230 e. The van der Waals surface area contributed by atoms with Crippen LogP contribution in [0.1, 0.15) is 47.6 Å². The summed E-state index contributed by atoms with van der Waals surface area (Å²) in [4.78, 5) is 8.63. The van der Waals surface area contributed by atoms with Crippen LogP contribution in [0.25, 0.3) is 4.96 Å². The van der Waals surface area contributed by atoms with Gasteiger partial charge in [-0.2, -0.15) is 4.52 Å². The van der Waals surface area contributed by atoms with E-state index in [0.29, 0.717) is 5.82 Å². The number of likely N-dealkylation sites (tertiary alicyclic amines) is 1. The number of piperidine rings is 1. The summed E-state index contributed by atoms with van der Waals surface area (Å²) in [6.07, 6.45) is 2.39. The molecule has 4 rings (SSSR count). The molecule has 25 heavy (non-hydrogen) atoms. The number of rotatable bonds is 3. The van der Waals surface area contributed by atoms with Gasteiger partial charge in [0, 0.05) is 0 Å². The minimum Gasteiger partial charge on any atom is -0.492 e. The number of aromatic hydroxyl groups is 1. The van der Waals surface area contributed by atoms with E-state index in [4.69, 9.17) is 0 Å². The molecule has 0 radical (unpaired) electrons. The fraction of sp³-hybridized carbons (Fsp3) is 0.474. The molecule has 1 aliphatic rings. The van der Waals surface area contributed by atoms with Crippen LogP contribution in [0.3, 0.4) is 0 Å². The van der Waals surface area contributed by atoms with E-state index in [1.54, 1.807) is 15.9 Å². The second-order valence-electron chi connectivity index (χ2n) is 7.18. The van der Waals surface area contributed by atoms with Crippen molar-refractivity contribution in [1.82, 2.24) is 19.5 Å². The van der Waals surface area contributed by atoms with E-state index in [1.807, 2.05) is 6.92 Å². The van der Waals surface area contributed by atoms with E-state index in [2.05, 4.69) is 53.1 Å². The van der Waals surface area contributed by atoms with Crippen LogP contribution in [-0.4, -0.2) is 37.7 Å². The van der Waals surface area contributed by atoms with Gasteiger partial charge in [-0.05, 0) is 51.3 Å². The van der Waals surface area contributed by atoms with Crippen LogP contribution in [0.15, 0.2) is 24.3 Å². The average molecular weight is 356 g/mol. The molecular weight excluding hydrogens is 332 g/mol. The van der Waals surface area contributed by atoms with Gasteiger partial charge in [-0.3, -0.25) is 4.90 Å². The van der Waals surface area contributed by atoms with Gasteiger partial charge in [0.15, 0.2) is 0 Å². The summed E-state index contributed by atoms with van der Waals surface area (Å²) >= 11 is 1.55. The Labute approximate surface area is 151 Å². The minimum absolute atomic E-state index is 0.0567. The number of benzene rings is 1. The predicted molar refractivity (Wildman–Crippen MR) is 100 cm³/mol. The van der Waals surface area contributed by atoms with E-state index in [-0.39, 0.29) is 11.9 Å². The summed E-state index contributed by atoms with van der Waals surface area (Å²) in [5.41, 5.74) is 2.47. The largest absolute Gasteiger partial charge is 0.492 e. The van der Waals surface area contributed by atoms with Gasteiger partial charge in [-0.25, -0.2) is 4.98 Å². The smallest absolute Gasteiger partial charge is 0.230 e. The van der Waals surface area contributed by atoms with Crippen LogP contribution in [0.5, 0.6) is 5.88 Å². The Bertz CT molecular complexity index is 892. The molecule has 0 spiro atoms. The van der Waals surface area contributed by atoms with Crippen LogP contribution in [0.2, 0.25) is 0 Å². The van der Waals surface area contributed by atoms with Gasteiger partial charge in [-0.1, -0.05) is 48.1 Å². The maximum atomic E-state index is 10.8. The summed E-state index contributed by atoms with van der Waals surface area (Å²) in [6, 6.07) is 8.66. The molecule has 1 N–H and O–H groups in total. The van der Waals surface area contributed by atoms with E-state index < -0.39 is 0 Å². The SMILES string of the molecule is Cc1cccc([C@H](c2sc3nc(C)nn3c2O)N2CCC(C)CC2)c1. The summed E-state index contributed by atoms with van der Waals surface area (Å²) < 4.78 is 1.57. The number of aromatic nitrogens is 3. The number of aryl methyl sites for hydroxylation is 2. The fourth-order valence-corrected chi connectivity index (χ4v) is 4.84. The van der Waals surface area contributed by atoms with Gasteiger partial charge in [0.25, 0.3) is 0 Å². The maximum absolute atomic E-state index is 10.8. The Morgan fingerprint density at radius 1 is 1.24 bits per heavy atom. The molecule has 0 bridgehead atoms. The molecule has 0 amide bonds. The molecule has 3 heterocycles. The van der Waals surface area contributed by atoms with Gasteiger partial charge in [-0.15, -0.1) is 5.10 Å². The summed E-state index contributed by atoms with van der Waals surface area (Å²) in [7, 11) is 0. The molecule has 132 valence electrons. The van der Waals surface area contributed by atoms with Crippen molar-refractivity contribution in [3.63, 3.8) is 0 Å². The minimum atomic E-state index is 0.0567. The van der Waals surface area contributed by atoms with Crippen molar-refractivity contribution in [2.24, 2.45) is 5.92 Å². The number of thiazole rings is 1. The molecule has 5 nitrogen and oxygen atoms in total. The highest BCUT2D eigenvalue weighted by atomic mass is 32.1. The summed E-state index contributed by atoms with van der Waals surface area (Å²) in [5.74, 6) is 1.69. The zero-order chi connectivity index (χ0) is 17.6. The first kappa shape index (κ1) is 16.5. The van der Waals surface area contributed by atoms with E-state index in [0.717, 1.165) is 28.8 Å². The molecule has 0 saturated carbocycles. The molecule has 1 fully saturated rings. The lowest BCUT2D eigenvalue weighted by atomic mass is 9.94. The molecule has 1 aliphatic heterocycles. The molecule has 6 heteroatoms. The van der Waals surface area contributed by atoms with Crippen molar-refractivity contribution in [1.29, 1.82) is 0 Å². The van der Waals surface area contributed by atoms with Gasteiger partial charge in [0.1, 0.15) is 5.82 Å².